The van der Waals surface area contributed by atoms with E-state index in [-0.39, 0.29) is 0 Å². The Labute approximate surface area is 65.8 Å². The van der Waals surface area contributed by atoms with Gasteiger partial charge in [0.05, 0.1) is 18.6 Å². The highest BCUT2D eigenvalue weighted by atomic mass is 15.5. The summed E-state index contributed by atoms with van der Waals surface area (Å²) in [6, 6.07) is 0.594. The summed E-state index contributed by atoms with van der Waals surface area (Å²) >= 11 is 0. The van der Waals surface area contributed by atoms with Gasteiger partial charge in [-0.2, -0.15) is 0 Å². The SMILES string of the molecule is CC(C)N1Cc2cnnn2C1. The molecule has 4 nitrogen and oxygen atoms in total. The zero-order valence-electron chi connectivity index (χ0n) is 6.86. The molecular weight excluding hydrogens is 140 g/mol. The molecule has 0 bridgehead atoms. The minimum Gasteiger partial charge on any atom is -0.276 e. The van der Waals surface area contributed by atoms with Crippen LogP contribution in [0.3, 0.4) is 0 Å². The van der Waals surface area contributed by atoms with Crippen LogP contribution in [0.5, 0.6) is 0 Å². The lowest BCUT2D eigenvalue weighted by molar-refractivity contribution is 0.196. The van der Waals surface area contributed by atoms with E-state index < -0.39 is 0 Å². The van der Waals surface area contributed by atoms with E-state index >= 15 is 0 Å². The zero-order valence-corrected chi connectivity index (χ0v) is 6.86. The smallest absolute Gasteiger partial charge is 0.0956 e. The Kier molecular flexibility index (Phi) is 1.42. The first-order valence-corrected chi connectivity index (χ1v) is 3.89. The molecule has 0 aromatic carbocycles. The third kappa shape index (κ3) is 1.03. The fourth-order valence-corrected chi connectivity index (χ4v) is 1.30. The third-order valence-corrected chi connectivity index (χ3v) is 2.11. The summed E-state index contributed by atoms with van der Waals surface area (Å²) in [5.41, 5.74) is 1.22. The molecule has 1 aromatic rings. The van der Waals surface area contributed by atoms with E-state index in [0.717, 1.165) is 13.2 Å². The first-order valence-electron chi connectivity index (χ1n) is 3.89. The predicted octanol–water partition coefficient (Wildman–Crippen LogP) is 0.460. The van der Waals surface area contributed by atoms with Crippen molar-refractivity contribution in [2.45, 2.75) is 33.1 Å². The molecule has 11 heavy (non-hydrogen) atoms. The molecule has 0 amide bonds. The van der Waals surface area contributed by atoms with Gasteiger partial charge in [-0.1, -0.05) is 5.21 Å². The molecule has 1 aliphatic rings. The largest absolute Gasteiger partial charge is 0.276 e. The van der Waals surface area contributed by atoms with Crippen LogP contribution in [-0.4, -0.2) is 25.9 Å². The molecule has 0 radical (unpaired) electrons. The Morgan fingerprint density at radius 2 is 2.36 bits per heavy atom. The summed E-state index contributed by atoms with van der Waals surface area (Å²) in [5, 5.41) is 7.78. The number of nitrogens with zero attached hydrogens (tertiary/aromatic N) is 4. The van der Waals surface area contributed by atoms with Crippen LogP contribution < -0.4 is 0 Å². The van der Waals surface area contributed by atoms with Crippen molar-refractivity contribution in [2.75, 3.05) is 0 Å². The Morgan fingerprint density at radius 3 is 3.00 bits per heavy atom. The molecule has 0 unspecified atom stereocenters. The fraction of sp³-hybridized carbons (Fsp3) is 0.714. The van der Waals surface area contributed by atoms with Gasteiger partial charge < -0.3 is 0 Å². The van der Waals surface area contributed by atoms with Crippen molar-refractivity contribution < 1.29 is 0 Å². The lowest BCUT2D eigenvalue weighted by Gasteiger charge is -2.17. The Bertz CT molecular complexity index is 232. The van der Waals surface area contributed by atoms with Crippen LogP contribution in [0.25, 0.3) is 0 Å². The normalized spacial score (nSPS) is 17.7. The van der Waals surface area contributed by atoms with Crippen LogP contribution in [0.2, 0.25) is 0 Å². The molecule has 1 aliphatic heterocycles. The van der Waals surface area contributed by atoms with Gasteiger partial charge in [-0.25, -0.2) is 4.68 Å². The topological polar surface area (TPSA) is 34.0 Å². The van der Waals surface area contributed by atoms with Crippen molar-refractivity contribution >= 4 is 0 Å². The molecule has 0 atom stereocenters. The van der Waals surface area contributed by atoms with Gasteiger partial charge in [0.15, 0.2) is 0 Å². The Morgan fingerprint density at radius 1 is 1.55 bits per heavy atom. The van der Waals surface area contributed by atoms with Gasteiger partial charge in [0.25, 0.3) is 0 Å². The molecule has 0 fully saturated rings. The quantitative estimate of drug-likeness (QED) is 0.586. The number of hydrogen-bond donors (Lipinski definition) is 0. The maximum atomic E-state index is 3.95. The fourth-order valence-electron chi connectivity index (χ4n) is 1.30. The number of fused-ring (bicyclic) bond motifs is 1. The second-order valence-corrected chi connectivity index (χ2v) is 3.21. The third-order valence-electron chi connectivity index (χ3n) is 2.11. The van der Waals surface area contributed by atoms with Crippen molar-refractivity contribution in [3.63, 3.8) is 0 Å². The van der Waals surface area contributed by atoms with Crippen molar-refractivity contribution in [1.82, 2.24) is 19.9 Å². The monoisotopic (exact) mass is 152 g/mol. The van der Waals surface area contributed by atoms with Gasteiger partial charge in [0.2, 0.25) is 0 Å². The van der Waals surface area contributed by atoms with Gasteiger partial charge in [-0.3, -0.25) is 4.90 Å². The predicted molar refractivity (Wildman–Crippen MR) is 40.7 cm³/mol. The lowest BCUT2D eigenvalue weighted by Crippen LogP contribution is -2.26. The van der Waals surface area contributed by atoms with Crippen LogP contribution in [0.1, 0.15) is 19.5 Å². The van der Waals surface area contributed by atoms with Crippen LogP contribution in [0, 0.1) is 0 Å². The van der Waals surface area contributed by atoms with Gasteiger partial charge in [-0.15, -0.1) is 5.10 Å². The minimum absolute atomic E-state index is 0.594. The molecule has 0 saturated heterocycles. The number of rotatable bonds is 1. The average Bonchev–Trinajstić information content (AvgIpc) is 2.40. The molecule has 0 spiro atoms. The molecule has 60 valence electrons. The summed E-state index contributed by atoms with van der Waals surface area (Å²) in [7, 11) is 0. The zero-order chi connectivity index (χ0) is 7.84. The van der Waals surface area contributed by atoms with E-state index in [2.05, 4.69) is 29.1 Å². The molecule has 0 saturated carbocycles. The lowest BCUT2D eigenvalue weighted by atomic mass is 10.3. The van der Waals surface area contributed by atoms with Crippen LogP contribution in [0.15, 0.2) is 6.20 Å². The van der Waals surface area contributed by atoms with Crippen LogP contribution in [-0.2, 0) is 13.2 Å². The average molecular weight is 152 g/mol. The van der Waals surface area contributed by atoms with E-state index in [9.17, 15) is 0 Å². The highest BCUT2D eigenvalue weighted by Gasteiger charge is 2.21. The standard InChI is InChI=1S/C7H12N4/c1-6(2)10-4-7-3-8-9-11(7)5-10/h3,6H,4-5H2,1-2H3. The highest BCUT2D eigenvalue weighted by Crippen LogP contribution is 2.14. The van der Waals surface area contributed by atoms with Crippen molar-refractivity contribution in [2.24, 2.45) is 0 Å². The van der Waals surface area contributed by atoms with E-state index in [0.29, 0.717) is 6.04 Å². The van der Waals surface area contributed by atoms with Gasteiger partial charge >= 0.3 is 0 Å². The number of hydrogen-bond acceptors (Lipinski definition) is 3. The van der Waals surface area contributed by atoms with E-state index in [1.165, 1.54) is 5.69 Å². The van der Waals surface area contributed by atoms with E-state index in [1.807, 2.05) is 10.9 Å². The molecule has 0 N–H and O–H groups in total. The molecular formula is C7H12N4. The summed E-state index contributed by atoms with van der Waals surface area (Å²) in [6.07, 6.45) is 1.84. The first kappa shape index (κ1) is 6.79. The summed E-state index contributed by atoms with van der Waals surface area (Å²) in [4.78, 5) is 2.35. The molecule has 0 aliphatic carbocycles. The van der Waals surface area contributed by atoms with Gasteiger partial charge in [-0.05, 0) is 13.8 Å². The van der Waals surface area contributed by atoms with Crippen molar-refractivity contribution in [3.05, 3.63) is 11.9 Å². The number of aromatic nitrogens is 3. The van der Waals surface area contributed by atoms with E-state index in [1.54, 1.807) is 0 Å². The molecule has 4 heteroatoms. The van der Waals surface area contributed by atoms with Crippen LogP contribution in [0.4, 0.5) is 0 Å². The Balaban J connectivity index is 2.16. The van der Waals surface area contributed by atoms with Gasteiger partial charge in [0.1, 0.15) is 0 Å². The minimum atomic E-state index is 0.594. The maximum Gasteiger partial charge on any atom is 0.0956 e. The first-order chi connectivity index (χ1) is 5.27. The molecule has 2 heterocycles. The second kappa shape index (κ2) is 2.30. The van der Waals surface area contributed by atoms with Crippen molar-refractivity contribution in [3.8, 4) is 0 Å². The summed E-state index contributed by atoms with van der Waals surface area (Å²) in [5.74, 6) is 0. The van der Waals surface area contributed by atoms with Crippen molar-refractivity contribution in [1.29, 1.82) is 0 Å². The summed E-state index contributed by atoms with van der Waals surface area (Å²) in [6.45, 7) is 6.28. The maximum absolute atomic E-state index is 3.95. The van der Waals surface area contributed by atoms with Crippen LogP contribution >= 0.6 is 0 Å². The van der Waals surface area contributed by atoms with Gasteiger partial charge in [0, 0.05) is 12.6 Å². The highest BCUT2D eigenvalue weighted by molar-refractivity contribution is 4.97. The summed E-state index contributed by atoms with van der Waals surface area (Å²) < 4.78 is 1.94. The molecule has 2 rings (SSSR count). The molecule has 1 aromatic heterocycles. The second-order valence-electron chi connectivity index (χ2n) is 3.21. The Hall–Kier alpha value is -0.900. The van der Waals surface area contributed by atoms with E-state index in [4.69, 9.17) is 0 Å².